The van der Waals surface area contributed by atoms with E-state index < -0.39 is 0 Å². The molecule has 5 nitrogen and oxygen atoms in total. The summed E-state index contributed by atoms with van der Waals surface area (Å²) in [5.74, 6) is 0.322. The third-order valence-electron chi connectivity index (χ3n) is 2.69. The lowest BCUT2D eigenvalue weighted by Crippen LogP contribution is -2.13. The summed E-state index contributed by atoms with van der Waals surface area (Å²) in [6.07, 6.45) is 1.69. The molecule has 0 aliphatic carbocycles. The first-order chi connectivity index (χ1) is 9.74. The first-order valence-electron chi connectivity index (χ1n) is 6.01. The summed E-state index contributed by atoms with van der Waals surface area (Å²) in [4.78, 5) is 16.2. The highest BCUT2D eigenvalue weighted by atomic mass is 16.5. The van der Waals surface area contributed by atoms with Crippen molar-refractivity contribution < 1.29 is 9.53 Å². The van der Waals surface area contributed by atoms with E-state index in [1.165, 1.54) is 6.20 Å². The molecule has 0 saturated carbocycles. The van der Waals surface area contributed by atoms with Crippen LogP contribution in [0.25, 0.3) is 0 Å². The fourth-order valence-electron chi connectivity index (χ4n) is 1.74. The molecular weight excluding hydrogens is 254 g/mol. The number of amides is 1. The van der Waals surface area contributed by atoms with Crippen LogP contribution in [-0.2, 0) is 6.42 Å². The summed E-state index contributed by atoms with van der Waals surface area (Å²) in [7, 11) is 1.54. The van der Waals surface area contributed by atoms with Crippen LogP contribution < -0.4 is 10.1 Å². The van der Waals surface area contributed by atoms with Crippen molar-refractivity contribution in [3.63, 3.8) is 0 Å². The van der Waals surface area contributed by atoms with E-state index in [-0.39, 0.29) is 12.3 Å². The van der Waals surface area contributed by atoms with Gasteiger partial charge in [-0.3, -0.25) is 9.78 Å². The van der Waals surface area contributed by atoms with Crippen molar-refractivity contribution in [2.45, 2.75) is 6.42 Å². The quantitative estimate of drug-likeness (QED) is 0.923. The third kappa shape index (κ3) is 3.12. The maximum atomic E-state index is 12.2. The number of methoxy groups -OCH3 is 1. The molecule has 1 heterocycles. The van der Waals surface area contributed by atoms with Gasteiger partial charge in [0.05, 0.1) is 31.0 Å². The van der Waals surface area contributed by atoms with E-state index in [9.17, 15) is 4.79 Å². The van der Waals surface area contributed by atoms with Gasteiger partial charge < -0.3 is 10.1 Å². The summed E-state index contributed by atoms with van der Waals surface area (Å²) >= 11 is 0. The molecule has 1 aromatic carbocycles. The van der Waals surface area contributed by atoms with Crippen LogP contribution in [0.3, 0.4) is 0 Å². The van der Waals surface area contributed by atoms with Gasteiger partial charge in [0.1, 0.15) is 5.75 Å². The van der Waals surface area contributed by atoms with E-state index >= 15 is 0 Å². The Kier molecular flexibility index (Phi) is 4.30. The van der Waals surface area contributed by atoms with Crippen LogP contribution in [0.5, 0.6) is 5.75 Å². The Morgan fingerprint density at radius 2 is 2.20 bits per heavy atom. The fourth-order valence-corrected chi connectivity index (χ4v) is 1.74. The summed E-state index contributed by atoms with van der Waals surface area (Å²) in [5, 5.41) is 11.4. The molecule has 2 aromatic rings. The number of ether oxygens (including phenoxy) is 1. The second-order valence-corrected chi connectivity index (χ2v) is 4.03. The van der Waals surface area contributed by atoms with Crippen LogP contribution in [0, 0.1) is 11.3 Å². The molecule has 5 heteroatoms. The van der Waals surface area contributed by atoms with E-state index in [4.69, 9.17) is 10.00 Å². The molecule has 0 aliphatic rings. The minimum atomic E-state index is -0.268. The number of pyridine rings is 1. The van der Waals surface area contributed by atoms with Crippen molar-refractivity contribution >= 4 is 11.6 Å². The van der Waals surface area contributed by atoms with Crippen molar-refractivity contribution in [3.8, 4) is 11.8 Å². The van der Waals surface area contributed by atoms with Crippen molar-refractivity contribution in [2.24, 2.45) is 0 Å². The Morgan fingerprint density at radius 1 is 1.40 bits per heavy atom. The number of nitrogens with one attached hydrogen (secondary N) is 1. The Hall–Kier alpha value is -2.87. The second-order valence-electron chi connectivity index (χ2n) is 4.03. The summed E-state index contributed by atoms with van der Waals surface area (Å²) < 4.78 is 5.17. The number of nitriles is 1. The Labute approximate surface area is 116 Å². The number of para-hydroxylation sites is 2. The number of rotatable bonds is 4. The number of anilines is 1. The molecular formula is C15H13N3O2. The number of hydrogen-bond donors (Lipinski definition) is 1. The summed E-state index contributed by atoms with van der Waals surface area (Å²) in [5.41, 5.74) is 1.62. The minimum Gasteiger partial charge on any atom is -0.495 e. The molecule has 0 bridgehead atoms. The van der Waals surface area contributed by atoms with Gasteiger partial charge in [0.15, 0.2) is 0 Å². The zero-order valence-electron chi connectivity index (χ0n) is 11.0. The van der Waals surface area contributed by atoms with E-state index in [1.807, 2.05) is 18.2 Å². The largest absolute Gasteiger partial charge is 0.495 e. The van der Waals surface area contributed by atoms with Crippen molar-refractivity contribution in [2.75, 3.05) is 12.4 Å². The highest BCUT2D eigenvalue weighted by Crippen LogP contribution is 2.23. The van der Waals surface area contributed by atoms with Crippen LogP contribution in [0.1, 0.15) is 16.1 Å². The average Bonchev–Trinajstić information content (AvgIpc) is 2.48. The van der Waals surface area contributed by atoms with Crippen LogP contribution in [-0.4, -0.2) is 18.0 Å². The number of aromatic nitrogens is 1. The van der Waals surface area contributed by atoms with E-state index in [0.29, 0.717) is 22.7 Å². The molecule has 0 saturated heterocycles. The van der Waals surface area contributed by atoms with Crippen LogP contribution >= 0.6 is 0 Å². The molecule has 1 N–H and O–H groups in total. The number of nitrogens with zero attached hydrogens (tertiary/aromatic N) is 2. The lowest BCUT2D eigenvalue weighted by Gasteiger charge is -2.09. The summed E-state index contributed by atoms with van der Waals surface area (Å²) in [6.45, 7) is 0. The normalized spacial score (nSPS) is 9.60. The van der Waals surface area contributed by atoms with E-state index in [2.05, 4.69) is 10.3 Å². The molecule has 1 aromatic heterocycles. The Bertz CT molecular complexity index is 662. The third-order valence-corrected chi connectivity index (χ3v) is 2.69. The van der Waals surface area contributed by atoms with Crippen molar-refractivity contribution in [1.82, 2.24) is 4.98 Å². The minimum absolute atomic E-state index is 0.176. The highest BCUT2D eigenvalue weighted by molar-refractivity contribution is 6.05. The molecule has 1 amide bonds. The first kappa shape index (κ1) is 13.6. The zero-order valence-corrected chi connectivity index (χ0v) is 11.0. The molecule has 0 radical (unpaired) electrons. The molecule has 0 aliphatic heterocycles. The number of benzene rings is 1. The van der Waals surface area contributed by atoms with Gasteiger partial charge in [-0.2, -0.15) is 5.26 Å². The predicted molar refractivity (Wildman–Crippen MR) is 74.5 cm³/mol. The molecule has 0 spiro atoms. The fraction of sp³-hybridized carbons (Fsp3) is 0.133. The Balaban J connectivity index is 2.20. The standard InChI is InChI=1S/C15H13N3O2/c1-20-14-5-3-2-4-13(14)18-15(19)11-7-9-17-12(10-11)6-8-16/h2-5,7,9-10H,6H2,1H3,(H,18,19). The van der Waals surface area contributed by atoms with E-state index in [0.717, 1.165) is 0 Å². The summed E-state index contributed by atoms with van der Waals surface area (Å²) in [6, 6.07) is 12.4. The monoisotopic (exact) mass is 267 g/mol. The SMILES string of the molecule is COc1ccccc1NC(=O)c1ccnc(CC#N)c1. The molecule has 20 heavy (non-hydrogen) atoms. The van der Waals surface area contributed by atoms with Gasteiger partial charge in [-0.15, -0.1) is 0 Å². The van der Waals surface area contributed by atoms with Gasteiger partial charge in [0.2, 0.25) is 0 Å². The number of carbonyl (C=O) groups excluding carboxylic acids is 1. The van der Waals surface area contributed by atoms with Gasteiger partial charge in [-0.05, 0) is 24.3 Å². The maximum absolute atomic E-state index is 12.2. The zero-order chi connectivity index (χ0) is 14.4. The lowest BCUT2D eigenvalue weighted by atomic mass is 10.2. The van der Waals surface area contributed by atoms with Crippen LogP contribution in [0.4, 0.5) is 5.69 Å². The molecule has 2 rings (SSSR count). The highest BCUT2D eigenvalue weighted by Gasteiger charge is 2.10. The smallest absolute Gasteiger partial charge is 0.255 e. The average molecular weight is 267 g/mol. The molecule has 0 fully saturated rings. The van der Waals surface area contributed by atoms with Crippen molar-refractivity contribution in [1.29, 1.82) is 5.26 Å². The van der Waals surface area contributed by atoms with Gasteiger partial charge in [-0.1, -0.05) is 12.1 Å². The lowest BCUT2D eigenvalue weighted by molar-refractivity contribution is 0.102. The molecule has 100 valence electrons. The number of carbonyl (C=O) groups is 1. The van der Waals surface area contributed by atoms with Crippen LogP contribution in [0.15, 0.2) is 42.6 Å². The maximum Gasteiger partial charge on any atom is 0.255 e. The van der Waals surface area contributed by atoms with Crippen molar-refractivity contribution in [3.05, 3.63) is 53.9 Å². The Morgan fingerprint density at radius 3 is 2.95 bits per heavy atom. The van der Waals surface area contributed by atoms with Crippen LogP contribution in [0.2, 0.25) is 0 Å². The molecule has 0 atom stereocenters. The van der Waals surface area contributed by atoms with Gasteiger partial charge in [-0.25, -0.2) is 0 Å². The second kappa shape index (κ2) is 6.34. The molecule has 0 unspecified atom stereocenters. The first-order valence-corrected chi connectivity index (χ1v) is 6.01. The van der Waals surface area contributed by atoms with Gasteiger partial charge >= 0.3 is 0 Å². The number of hydrogen-bond acceptors (Lipinski definition) is 4. The van der Waals surface area contributed by atoms with Gasteiger partial charge in [0.25, 0.3) is 5.91 Å². The van der Waals surface area contributed by atoms with E-state index in [1.54, 1.807) is 31.4 Å². The topological polar surface area (TPSA) is 75.0 Å². The van der Waals surface area contributed by atoms with Gasteiger partial charge in [0, 0.05) is 11.8 Å². The predicted octanol–water partition coefficient (Wildman–Crippen LogP) is 2.41.